The number of rotatable bonds is 7. The molecule has 0 aliphatic carbocycles. The number of amides is 1. The molecule has 0 fully saturated rings. The largest absolute Gasteiger partial charge is 0.361 e. The smallest absolute Gasteiger partial charge is 0.225 e. The lowest BCUT2D eigenvalue weighted by atomic mass is 10.1. The molecule has 1 amide bonds. The van der Waals surface area contributed by atoms with Crippen molar-refractivity contribution in [2.45, 2.75) is 12.8 Å². The third-order valence-electron chi connectivity index (χ3n) is 3.89. The zero-order chi connectivity index (χ0) is 16.8. The maximum absolute atomic E-state index is 11.8. The SMILES string of the molecule is O=C(CCNCCc1c[nH]c2ccc(Cl)cc12)Nc1ccccc1. The molecule has 0 aliphatic heterocycles. The molecule has 0 aliphatic rings. The molecular formula is C19H20ClN3O. The Morgan fingerprint density at radius 3 is 2.75 bits per heavy atom. The molecule has 5 heteroatoms. The van der Waals surface area contributed by atoms with E-state index in [1.807, 2.05) is 54.7 Å². The van der Waals surface area contributed by atoms with Gasteiger partial charge in [0.15, 0.2) is 0 Å². The van der Waals surface area contributed by atoms with E-state index in [1.54, 1.807) is 0 Å². The fourth-order valence-corrected chi connectivity index (χ4v) is 2.82. The van der Waals surface area contributed by atoms with Crippen LogP contribution in [0.15, 0.2) is 54.7 Å². The average molecular weight is 342 g/mol. The van der Waals surface area contributed by atoms with Crippen molar-refractivity contribution in [3.05, 3.63) is 65.3 Å². The number of aromatic amines is 1. The number of hydrogen-bond acceptors (Lipinski definition) is 2. The number of fused-ring (bicyclic) bond motifs is 1. The molecule has 0 radical (unpaired) electrons. The van der Waals surface area contributed by atoms with Crippen LogP contribution in [0.1, 0.15) is 12.0 Å². The van der Waals surface area contributed by atoms with E-state index in [1.165, 1.54) is 5.56 Å². The van der Waals surface area contributed by atoms with Gasteiger partial charge in [-0.2, -0.15) is 0 Å². The van der Waals surface area contributed by atoms with Gasteiger partial charge in [-0.15, -0.1) is 0 Å². The summed E-state index contributed by atoms with van der Waals surface area (Å²) in [6, 6.07) is 15.4. The highest BCUT2D eigenvalue weighted by molar-refractivity contribution is 6.31. The van der Waals surface area contributed by atoms with E-state index >= 15 is 0 Å². The van der Waals surface area contributed by atoms with E-state index in [4.69, 9.17) is 11.6 Å². The van der Waals surface area contributed by atoms with Gasteiger partial charge in [-0.05, 0) is 48.9 Å². The molecule has 0 atom stereocenters. The van der Waals surface area contributed by atoms with Gasteiger partial charge in [0, 0.05) is 40.8 Å². The Labute approximate surface area is 146 Å². The number of anilines is 1. The van der Waals surface area contributed by atoms with Crippen LogP contribution in [0.4, 0.5) is 5.69 Å². The molecule has 3 rings (SSSR count). The summed E-state index contributed by atoms with van der Waals surface area (Å²) in [4.78, 5) is 15.1. The van der Waals surface area contributed by atoms with Crippen LogP contribution < -0.4 is 10.6 Å². The van der Waals surface area contributed by atoms with Crippen LogP contribution in [0.2, 0.25) is 5.02 Å². The van der Waals surface area contributed by atoms with E-state index in [0.717, 1.165) is 34.6 Å². The maximum atomic E-state index is 11.8. The zero-order valence-electron chi connectivity index (χ0n) is 13.3. The lowest BCUT2D eigenvalue weighted by Gasteiger charge is -2.06. The molecule has 1 aromatic heterocycles. The van der Waals surface area contributed by atoms with E-state index in [-0.39, 0.29) is 5.91 Å². The predicted molar refractivity (Wildman–Crippen MR) is 99.6 cm³/mol. The lowest BCUT2D eigenvalue weighted by molar-refractivity contribution is -0.116. The molecule has 0 spiro atoms. The first-order valence-corrected chi connectivity index (χ1v) is 8.41. The van der Waals surface area contributed by atoms with E-state index in [2.05, 4.69) is 15.6 Å². The molecule has 2 aromatic carbocycles. The normalized spacial score (nSPS) is 10.9. The monoisotopic (exact) mass is 341 g/mol. The first-order chi connectivity index (χ1) is 11.7. The van der Waals surface area contributed by atoms with Gasteiger partial charge in [-0.25, -0.2) is 0 Å². The summed E-state index contributed by atoms with van der Waals surface area (Å²) < 4.78 is 0. The standard InChI is InChI=1S/C19H20ClN3O/c20-15-6-7-18-17(12-15)14(13-22-18)8-10-21-11-9-19(24)23-16-4-2-1-3-5-16/h1-7,12-13,21-22H,8-11H2,(H,23,24). The Kier molecular flexibility index (Phi) is 5.51. The first-order valence-electron chi connectivity index (χ1n) is 8.03. The van der Waals surface area contributed by atoms with Gasteiger partial charge in [0.05, 0.1) is 0 Å². The third kappa shape index (κ3) is 4.37. The molecule has 3 N–H and O–H groups in total. The number of benzene rings is 2. The summed E-state index contributed by atoms with van der Waals surface area (Å²) in [5.74, 6) is 0.0209. The van der Waals surface area contributed by atoms with Crippen molar-refractivity contribution >= 4 is 34.1 Å². The van der Waals surface area contributed by atoms with Crippen LogP contribution in [0.25, 0.3) is 10.9 Å². The fourth-order valence-electron chi connectivity index (χ4n) is 2.65. The highest BCUT2D eigenvalue weighted by Crippen LogP contribution is 2.22. The fraction of sp³-hybridized carbons (Fsp3) is 0.211. The minimum absolute atomic E-state index is 0.0209. The van der Waals surface area contributed by atoms with Crippen molar-refractivity contribution in [1.82, 2.24) is 10.3 Å². The molecule has 3 aromatic rings. The number of aromatic nitrogens is 1. The van der Waals surface area contributed by atoms with Crippen molar-refractivity contribution in [1.29, 1.82) is 0 Å². The predicted octanol–water partition coefficient (Wildman–Crippen LogP) is 3.98. The van der Waals surface area contributed by atoms with E-state index in [0.29, 0.717) is 13.0 Å². The van der Waals surface area contributed by atoms with Crippen molar-refractivity contribution in [3.8, 4) is 0 Å². The summed E-state index contributed by atoms with van der Waals surface area (Å²) in [6.07, 6.45) is 3.36. The van der Waals surface area contributed by atoms with Crippen molar-refractivity contribution in [2.24, 2.45) is 0 Å². The number of nitrogens with one attached hydrogen (secondary N) is 3. The minimum atomic E-state index is 0.0209. The van der Waals surface area contributed by atoms with Gasteiger partial charge >= 0.3 is 0 Å². The maximum Gasteiger partial charge on any atom is 0.225 e. The van der Waals surface area contributed by atoms with Crippen LogP contribution in [-0.2, 0) is 11.2 Å². The quantitative estimate of drug-likeness (QED) is 0.569. The van der Waals surface area contributed by atoms with Crippen molar-refractivity contribution < 1.29 is 4.79 Å². The second-order valence-electron chi connectivity index (χ2n) is 5.67. The van der Waals surface area contributed by atoms with Gasteiger partial charge in [0.2, 0.25) is 5.91 Å². The van der Waals surface area contributed by atoms with Crippen molar-refractivity contribution in [2.75, 3.05) is 18.4 Å². The lowest BCUT2D eigenvalue weighted by Crippen LogP contribution is -2.23. The van der Waals surface area contributed by atoms with Gasteiger partial charge < -0.3 is 15.6 Å². The molecular weight excluding hydrogens is 322 g/mol. The van der Waals surface area contributed by atoms with Crippen LogP contribution in [0.3, 0.4) is 0 Å². The van der Waals surface area contributed by atoms with Gasteiger partial charge in [0.1, 0.15) is 0 Å². The van der Waals surface area contributed by atoms with Crippen LogP contribution >= 0.6 is 11.6 Å². The van der Waals surface area contributed by atoms with Gasteiger partial charge in [-0.3, -0.25) is 4.79 Å². The number of H-pyrrole nitrogens is 1. The Balaban J connectivity index is 1.40. The zero-order valence-corrected chi connectivity index (χ0v) is 14.1. The Morgan fingerprint density at radius 1 is 1.08 bits per heavy atom. The summed E-state index contributed by atoms with van der Waals surface area (Å²) >= 11 is 6.06. The number of para-hydroxylation sites is 1. The van der Waals surface area contributed by atoms with E-state index in [9.17, 15) is 4.79 Å². The molecule has 0 bridgehead atoms. The minimum Gasteiger partial charge on any atom is -0.361 e. The van der Waals surface area contributed by atoms with Gasteiger partial charge in [-0.1, -0.05) is 29.8 Å². The van der Waals surface area contributed by atoms with Crippen LogP contribution in [0.5, 0.6) is 0 Å². The third-order valence-corrected chi connectivity index (χ3v) is 4.12. The summed E-state index contributed by atoms with van der Waals surface area (Å²) in [5.41, 5.74) is 3.16. The summed E-state index contributed by atoms with van der Waals surface area (Å²) in [7, 11) is 0. The van der Waals surface area contributed by atoms with E-state index < -0.39 is 0 Å². The van der Waals surface area contributed by atoms with Gasteiger partial charge in [0.25, 0.3) is 0 Å². The summed E-state index contributed by atoms with van der Waals surface area (Å²) in [6.45, 7) is 1.47. The van der Waals surface area contributed by atoms with Crippen LogP contribution in [-0.4, -0.2) is 24.0 Å². The first kappa shape index (κ1) is 16.6. The van der Waals surface area contributed by atoms with Crippen molar-refractivity contribution in [3.63, 3.8) is 0 Å². The molecule has 124 valence electrons. The second kappa shape index (κ2) is 7.99. The molecule has 1 heterocycles. The molecule has 0 saturated heterocycles. The number of carbonyl (C=O) groups excluding carboxylic acids is 1. The molecule has 24 heavy (non-hydrogen) atoms. The molecule has 0 saturated carbocycles. The molecule has 0 unspecified atom stereocenters. The Bertz CT molecular complexity index is 814. The topological polar surface area (TPSA) is 56.9 Å². The average Bonchev–Trinajstić information content (AvgIpc) is 2.98. The molecule has 4 nitrogen and oxygen atoms in total. The second-order valence-corrected chi connectivity index (χ2v) is 6.10. The Morgan fingerprint density at radius 2 is 1.92 bits per heavy atom. The number of hydrogen-bond donors (Lipinski definition) is 3. The number of halogens is 1. The van der Waals surface area contributed by atoms with Crippen LogP contribution in [0, 0.1) is 0 Å². The number of carbonyl (C=O) groups is 1. The Hall–Kier alpha value is -2.30. The highest BCUT2D eigenvalue weighted by atomic mass is 35.5. The summed E-state index contributed by atoms with van der Waals surface area (Å²) in [5, 5.41) is 8.09. The highest BCUT2D eigenvalue weighted by Gasteiger charge is 2.05.